The molecule has 1 saturated heterocycles. The van der Waals surface area contributed by atoms with Crippen LogP contribution in [0, 0.1) is 0 Å². The summed E-state index contributed by atoms with van der Waals surface area (Å²) in [7, 11) is 2.06. The van der Waals surface area contributed by atoms with Crippen LogP contribution < -0.4 is 5.09 Å². The van der Waals surface area contributed by atoms with Gasteiger partial charge in [-0.1, -0.05) is 60.7 Å². The van der Waals surface area contributed by atoms with E-state index in [0.717, 1.165) is 6.54 Å². The molecule has 1 N–H and O–H groups in total. The molecule has 3 nitrogen and oxygen atoms in total. The van der Waals surface area contributed by atoms with Gasteiger partial charge in [-0.25, -0.2) is 4.67 Å². The minimum absolute atomic E-state index is 0.0281. The average Bonchev–Trinajstić information content (AvgIpc) is 2.80. The maximum absolute atomic E-state index is 6.32. The van der Waals surface area contributed by atoms with Crippen LogP contribution in [0.4, 0.5) is 0 Å². The minimum Gasteiger partial charge on any atom is -0.317 e. The molecule has 0 aliphatic carbocycles. The van der Waals surface area contributed by atoms with Gasteiger partial charge in [-0.15, -0.1) is 0 Å². The highest BCUT2D eigenvalue weighted by molar-refractivity contribution is 8.10. The fraction of sp³-hybridized carbons (Fsp3) is 0.294. The lowest BCUT2D eigenvalue weighted by Crippen LogP contribution is -2.26. The molecule has 116 valence electrons. The smallest absolute Gasteiger partial charge is 0.201 e. The van der Waals surface area contributed by atoms with Crippen LogP contribution in [-0.4, -0.2) is 17.8 Å². The van der Waals surface area contributed by atoms with E-state index in [-0.39, 0.29) is 12.1 Å². The van der Waals surface area contributed by atoms with Gasteiger partial charge in [-0.2, -0.15) is 0 Å². The Bertz CT molecular complexity index is 665. The molecule has 2 aromatic carbocycles. The molecule has 3 rings (SSSR count). The number of hydrogen-bond acceptors (Lipinski definition) is 2. The first-order valence-electron chi connectivity index (χ1n) is 7.46. The highest BCUT2D eigenvalue weighted by Crippen LogP contribution is 2.59. The number of rotatable bonds is 4. The number of nitrogens with one attached hydrogen (secondary N) is 1. The van der Waals surface area contributed by atoms with Crippen LogP contribution in [0.1, 0.15) is 24.2 Å². The summed E-state index contributed by atoms with van der Waals surface area (Å²) in [6.45, 7) is 0.722. The Hall–Kier alpha value is -1.03. The average molecular weight is 332 g/mol. The van der Waals surface area contributed by atoms with Gasteiger partial charge in [0.2, 0.25) is 6.57 Å². The molecule has 1 aliphatic heterocycles. The molecule has 0 saturated carbocycles. The van der Waals surface area contributed by atoms with E-state index in [4.69, 9.17) is 16.3 Å². The first-order chi connectivity index (χ1) is 10.6. The van der Waals surface area contributed by atoms with Gasteiger partial charge in [-0.3, -0.25) is 5.09 Å². The van der Waals surface area contributed by atoms with Crippen molar-refractivity contribution in [2.45, 2.75) is 25.6 Å². The van der Waals surface area contributed by atoms with Crippen molar-refractivity contribution >= 4 is 18.4 Å². The molecule has 2 aromatic rings. The van der Waals surface area contributed by atoms with Crippen LogP contribution in [-0.2, 0) is 22.9 Å². The molecule has 0 aromatic heterocycles. The van der Waals surface area contributed by atoms with E-state index in [1.807, 2.05) is 36.4 Å². The van der Waals surface area contributed by atoms with Crippen LogP contribution >= 0.6 is 6.57 Å². The van der Waals surface area contributed by atoms with Crippen LogP contribution in [0.2, 0.25) is 0 Å². The number of hydrogen-bond donors (Lipinski definition) is 1. The van der Waals surface area contributed by atoms with E-state index in [1.54, 1.807) is 0 Å². The highest BCUT2D eigenvalue weighted by Gasteiger charge is 2.42. The zero-order valence-electron chi connectivity index (χ0n) is 12.8. The summed E-state index contributed by atoms with van der Waals surface area (Å²) < 4.78 is 8.52. The quantitative estimate of drug-likeness (QED) is 0.852. The predicted molar refractivity (Wildman–Crippen MR) is 95.1 cm³/mol. The van der Waals surface area contributed by atoms with Crippen molar-refractivity contribution in [3.8, 4) is 0 Å². The van der Waals surface area contributed by atoms with Crippen molar-refractivity contribution in [3.05, 3.63) is 71.8 Å². The standard InChI is InChI=1S/C17H21N2OPS/c1-14-17(16-11-7-4-8-12-16)20-21(22,19(14)2)18-13-15-9-5-3-6-10-15/h3-12,14,17H,13H2,1-2H3,(H,18,22)/t14-,17-,21+/m1/s1. The Labute approximate surface area is 137 Å². The molecule has 0 spiro atoms. The summed E-state index contributed by atoms with van der Waals surface area (Å²) in [6.07, 6.45) is 0.0281. The molecule has 22 heavy (non-hydrogen) atoms. The van der Waals surface area contributed by atoms with Crippen LogP contribution in [0.5, 0.6) is 0 Å². The number of benzene rings is 2. The van der Waals surface area contributed by atoms with Crippen LogP contribution in [0.3, 0.4) is 0 Å². The Morgan fingerprint density at radius 2 is 1.68 bits per heavy atom. The lowest BCUT2D eigenvalue weighted by Gasteiger charge is -2.25. The Balaban J connectivity index is 1.75. The van der Waals surface area contributed by atoms with E-state index in [1.165, 1.54) is 11.1 Å². The van der Waals surface area contributed by atoms with E-state index < -0.39 is 6.57 Å². The van der Waals surface area contributed by atoms with Crippen LogP contribution in [0.25, 0.3) is 0 Å². The molecule has 0 bridgehead atoms. The third-order valence-corrected chi connectivity index (χ3v) is 7.84. The van der Waals surface area contributed by atoms with Gasteiger partial charge < -0.3 is 4.52 Å². The first kappa shape index (κ1) is 15.9. The second-order valence-corrected chi connectivity index (χ2v) is 9.28. The molecule has 1 heterocycles. The van der Waals surface area contributed by atoms with E-state index >= 15 is 0 Å². The summed E-state index contributed by atoms with van der Waals surface area (Å²) in [5.74, 6) is 0. The van der Waals surface area contributed by atoms with E-state index in [0.29, 0.717) is 0 Å². The molecule has 0 radical (unpaired) electrons. The van der Waals surface area contributed by atoms with Crippen molar-refractivity contribution in [1.29, 1.82) is 0 Å². The summed E-state index contributed by atoms with van der Waals surface area (Å²) >= 11 is 5.85. The Morgan fingerprint density at radius 3 is 2.32 bits per heavy atom. The first-order valence-corrected chi connectivity index (χ1v) is 10.1. The van der Waals surface area contributed by atoms with E-state index in [9.17, 15) is 0 Å². The second-order valence-electron chi connectivity index (χ2n) is 5.59. The van der Waals surface area contributed by atoms with Gasteiger partial charge in [0, 0.05) is 12.6 Å². The van der Waals surface area contributed by atoms with Crippen molar-refractivity contribution in [2.75, 3.05) is 7.05 Å². The van der Waals surface area contributed by atoms with Crippen LogP contribution in [0.15, 0.2) is 60.7 Å². The topological polar surface area (TPSA) is 24.5 Å². The third-order valence-electron chi connectivity index (χ3n) is 4.15. The summed E-state index contributed by atoms with van der Waals surface area (Å²) in [5.41, 5.74) is 2.41. The molecule has 5 heteroatoms. The maximum Gasteiger partial charge on any atom is 0.201 e. The van der Waals surface area contributed by atoms with E-state index in [2.05, 4.69) is 48.0 Å². The SMILES string of the molecule is C[C@@H]1[C@H](c2ccccc2)O[P@](=S)(NCc2ccccc2)N1C. The van der Waals surface area contributed by atoms with Gasteiger partial charge in [0.15, 0.2) is 0 Å². The Kier molecular flexibility index (Phi) is 4.76. The molecular weight excluding hydrogens is 311 g/mol. The molecular formula is C17H21N2OPS. The number of nitrogens with zero attached hydrogens (tertiary/aromatic N) is 1. The normalized spacial score (nSPS) is 28.8. The van der Waals surface area contributed by atoms with Gasteiger partial charge in [-0.05, 0) is 36.9 Å². The zero-order valence-corrected chi connectivity index (χ0v) is 14.6. The monoisotopic (exact) mass is 332 g/mol. The Morgan fingerprint density at radius 1 is 1.09 bits per heavy atom. The summed E-state index contributed by atoms with van der Waals surface area (Å²) in [4.78, 5) is 0. The molecule has 0 amide bonds. The maximum atomic E-state index is 6.32. The molecule has 3 atom stereocenters. The van der Waals surface area contributed by atoms with Crippen molar-refractivity contribution < 1.29 is 4.52 Å². The molecule has 0 unspecified atom stereocenters. The minimum atomic E-state index is -2.19. The number of likely N-dealkylation sites (N-methyl/N-ethyl adjacent to an activating group) is 1. The molecule has 1 fully saturated rings. The van der Waals surface area contributed by atoms with Gasteiger partial charge in [0.05, 0.1) is 0 Å². The van der Waals surface area contributed by atoms with Crippen molar-refractivity contribution in [3.63, 3.8) is 0 Å². The lowest BCUT2D eigenvalue weighted by molar-refractivity contribution is 0.216. The van der Waals surface area contributed by atoms with Crippen molar-refractivity contribution in [2.24, 2.45) is 0 Å². The molecule has 1 aliphatic rings. The largest absolute Gasteiger partial charge is 0.317 e. The highest BCUT2D eigenvalue weighted by atomic mass is 32.5. The summed E-state index contributed by atoms with van der Waals surface area (Å²) in [6, 6.07) is 20.9. The zero-order chi connectivity index (χ0) is 15.6. The fourth-order valence-corrected chi connectivity index (χ4v) is 5.62. The predicted octanol–water partition coefficient (Wildman–Crippen LogP) is 4.09. The lowest BCUT2D eigenvalue weighted by atomic mass is 10.0. The second kappa shape index (κ2) is 6.61. The van der Waals surface area contributed by atoms with Gasteiger partial charge in [0.25, 0.3) is 0 Å². The fourth-order valence-electron chi connectivity index (χ4n) is 2.67. The third kappa shape index (κ3) is 3.17. The van der Waals surface area contributed by atoms with Crippen molar-refractivity contribution in [1.82, 2.24) is 9.76 Å². The van der Waals surface area contributed by atoms with Gasteiger partial charge in [0.1, 0.15) is 6.10 Å². The van der Waals surface area contributed by atoms with Gasteiger partial charge >= 0.3 is 0 Å². The summed E-state index contributed by atoms with van der Waals surface area (Å²) in [5, 5.41) is 3.48.